The summed E-state index contributed by atoms with van der Waals surface area (Å²) >= 11 is 0. The van der Waals surface area contributed by atoms with Crippen molar-refractivity contribution in [1.29, 1.82) is 0 Å². The van der Waals surface area contributed by atoms with Crippen LogP contribution in [0.3, 0.4) is 0 Å². The van der Waals surface area contributed by atoms with Crippen molar-refractivity contribution in [1.82, 2.24) is 24.9 Å². The van der Waals surface area contributed by atoms with E-state index in [4.69, 9.17) is 4.74 Å². The van der Waals surface area contributed by atoms with E-state index in [2.05, 4.69) is 35.1 Å². The Balaban J connectivity index is 1.26. The summed E-state index contributed by atoms with van der Waals surface area (Å²) in [5.74, 6) is 1.05. The summed E-state index contributed by atoms with van der Waals surface area (Å²) in [6, 6.07) is 5.95. The molecule has 2 aliphatic rings. The molecular weight excluding hydrogens is 387 g/mol. The first-order valence-corrected chi connectivity index (χ1v) is 10.1. The van der Waals surface area contributed by atoms with Gasteiger partial charge >= 0.3 is 0 Å². The number of rotatable bonds is 5. The fraction of sp³-hybridized carbons (Fsp3) is 0.400. The number of aromatic amines is 1. The molecule has 30 heavy (non-hydrogen) atoms. The molecule has 2 N–H and O–H groups in total. The number of hydrogen-bond donors (Lipinski definition) is 2. The second-order valence-electron chi connectivity index (χ2n) is 7.37. The van der Waals surface area contributed by atoms with Crippen molar-refractivity contribution < 1.29 is 9.13 Å². The molecule has 10 heteroatoms. The van der Waals surface area contributed by atoms with E-state index in [0.717, 1.165) is 30.9 Å². The summed E-state index contributed by atoms with van der Waals surface area (Å²) in [6.07, 6.45) is 5.78. The van der Waals surface area contributed by atoms with Crippen molar-refractivity contribution in [3.8, 4) is 11.4 Å². The van der Waals surface area contributed by atoms with Crippen LogP contribution in [-0.2, 0) is 4.74 Å². The van der Waals surface area contributed by atoms with Gasteiger partial charge in [0.1, 0.15) is 0 Å². The van der Waals surface area contributed by atoms with Gasteiger partial charge in [0, 0.05) is 44.6 Å². The Labute approximate surface area is 173 Å². The monoisotopic (exact) mass is 410 g/mol. The molecule has 0 aliphatic carbocycles. The predicted molar refractivity (Wildman–Crippen MR) is 111 cm³/mol. The van der Waals surface area contributed by atoms with Gasteiger partial charge in [0.15, 0.2) is 11.6 Å². The molecular formula is C20H23FN8O. The van der Waals surface area contributed by atoms with Crippen LogP contribution in [0.4, 0.5) is 22.1 Å². The van der Waals surface area contributed by atoms with Gasteiger partial charge in [-0.05, 0) is 24.6 Å². The van der Waals surface area contributed by atoms with Crippen LogP contribution in [0.2, 0.25) is 0 Å². The highest BCUT2D eigenvalue weighted by atomic mass is 19.1. The van der Waals surface area contributed by atoms with E-state index in [1.165, 1.54) is 6.20 Å². The number of nitrogens with one attached hydrogen (secondary N) is 2. The quantitative estimate of drug-likeness (QED) is 0.659. The molecule has 2 saturated heterocycles. The fourth-order valence-corrected chi connectivity index (χ4v) is 3.81. The minimum Gasteiger partial charge on any atom is -0.378 e. The third-order valence-electron chi connectivity index (χ3n) is 5.36. The van der Waals surface area contributed by atoms with Gasteiger partial charge in [-0.3, -0.25) is 0 Å². The molecule has 0 amide bonds. The zero-order valence-electron chi connectivity index (χ0n) is 16.5. The molecule has 0 bridgehead atoms. The van der Waals surface area contributed by atoms with Crippen LogP contribution in [-0.4, -0.2) is 70.4 Å². The van der Waals surface area contributed by atoms with E-state index < -0.39 is 5.82 Å². The molecule has 2 fully saturated rings. The SMILES string of the molecule is Fc1cnc(NC2CCN(c3nccc(-c4ccc[nH]4)n3)C2)nc1N1CCOCC1. The summed E-state index contributed by atoms with van der Waals surface area (Å²) in [7, 11) is 0. The van der Waals surface area contributed by atoms with Crippen LogP contribution >= 0.6 is 0 Å². The average Bonchev–Trinajstić information content (AvgIpc) is 3.48. The normalized spacial score (nSPS) is 19.3. The molecule has 0 aromatic carbocycles. The Kier molecular flexibility index (Phi) is 5.14. The second-order valence-corrected chi connectivity index (χ2v) is 7.37. The molecule has 0 saturated carbocycles. The second kappa shape index (κ2) is 8.23. The van der Waals surface area contributed by atoms with Crippen molar-refractivity contribution in [3.63, 3.8) is 0 Å². The first-order chi connectivity index (χ1) is 14.8. The first-order valence-electron chi connectivity index (χ1n) is 10.1. The standard InChI is InChI=1S/C20H23FN8O/c21-15-12-24-19(27-18(15)28-8-10-30-11-9-28)25-14-4-7-29(13-14)20-23-6-3-17(26-20)16-2-1-5-22-16/h1-3,5-6,12,14,22H,4,7-11,13H2,(H,24,25,27). The zero-order chi connectivity index (χ0) is 20.3. The molecule has 5 heterocycles. The lowest BCUT2D eigenvalue weighted by molar-refractivity contribution is 0.122. The van der Waals surface area contributed by atoms with Gasteiger partial charge in [0.25, 0.3) is 0 Å². The summed E-state index contributed by atoms with van der Waals surface area (Å²) in [5, 5.41) is 3.34. The molecule has 156 valence electrons. The molecule has 0 radical (unpaired) electrons. The van der Waals surface area contributed by atoms with Crippen molar-refractivity contribution >= 4 is 17.7 Å². The molecule has 1 atom stereocenters. The van der Waals surface area contributed by atoms with E-state index in [0.29, 0.717) is 44.0 Å². The van der Waals surface area contributed by atoms with Crippen molar-refractivity contribution in [2.24, 2.45) is 0 Å². The molecule has 2 aliphatic heterocycles. The molecule has 3 aromatic rings. The van der Waals surface area contributed by atoms with Gasteiger partial charge in [-0.2, -0.15) is 4.98 Å². The number of anilines is 3. The Morgan fingerprint density at radius 3 is 2.83 bits per heavy atom. The lowest BCUT2D eigenvalue weighted by Gasteiger charge is -2.28. The van der Waals surface area contributed by atoms with Crippen LogP contribution in [0, 0.1) is 5.82 Å². The van der Waals surface area contributed by atoms with Gasteiger partial charge in [0.05, 0.1) is 30.8 Å². The number of hydrogen-bond acceptors (Lipinski definition) is 8. The van der Waals surface area contributed by atoms with E-state index in [1.54, 1.807) is 6.20 Å². The molecule has 9 nitrogen and oxygen atoms in total. The van der Waals surface area contributed by atoms with Gasteiger partial charge < -0.3 is 24.8 Å². The lowest BCUT2D eigenvalue weighted by atomic mass is 10.3. The largest absolute Gasteiger partial charge is 0.378 e. The van der Waals surface area contributed by atoms with Gasteiger partial charge in [-0.1, -0.05) is 0 Å². The molecule has 0 spiro atoms. The Bertz CT molecular complexity index is 992. The molecule has 1 unspecified atom stereocenters. The summed E-state index contributed by atoms with van der Waals surface area (Å²) in [6.45, 7) is 3.94. The number of ether oxygens (including phenoxy) is 1. The third-order valence-corrected chi connectivity index (χ3v) is 5.36. The fourth-order valence-electron chi connectivity index (χ4n) is 3.81. The number of aromatic nitrogens is 5. The highest BCUT2D eigenvalue weighted by Crippen LogP contribution is 2.23. The minimum atomic E-state index is -0.412. The Morgan fingerprint density at radius 2 is 2.00 bits per heavy atom. The predicted octanol–water partition coefficient (Wildman–Crippen LogP) is 1.93. The summed E-state index contributed by atoms with van der Waals surface area (Å²) in [5.41, 5.74) is 1.82. The molecule has 5 rings (SSSR count). The van der Waals surface area contributed by atoms with Crippen molar-refractivity contribution in [3.05, 3.63) is 42.6 Å². The molecule has 3 aromatic heterocycles. The van der Waals surface area contributed by atoms with Gasteiger partial charge in [-0.25, -0.2) is 19.3 Å². The number of H-pyrrole nitrogens is 1. The van der Waals surface area contributed by atoms with Crippen LogP contribution in [0.5, 0.6) is 0 Å². The summed E-state index contributed by atoms with van der Waals surface area (Å²) in [4.78, 5) is 24.9. The minimum absolute atomic E-state index is 0.130. The number of nitrogens with zero attached hydrogens (tertiary/aromatic N) is 6. The lowest BCUT2D eigenvalue weighted by Crippen LogP contribution is -2.37. The topological polar surface area (TPSA) is 95.1 Å². The van der Waals surface area contributed by atoms with Gasteiger partial charge in [0.2, 0.25) is 11.9 Å². The number of halogens is 1. The van der Waals surface area contributed by atoms with E-state index in [1.807, 2.05) is 29.3 Å². The maximum Gasteiger partial charge on any atom is 0.225 e. The maximum absolute atomic E-state index is 14.2. The number of morpholine rings is 1. The Morgan fingerprint density at radius 1 is 1.10 bits per heavy atom. The van der Waals surface area contributed by atoms with Crippen LogP contribution < -0.4 is 15.1 Å². The third kappa shape index (κ3) is 3.90. The van der Waals surface area contributed by atoms with Crippen molar-refractivity contribution in [2.75, 3.05) is 54.5 Å². The first kappa shape index (κ1) is 18.7. The average molecular weight is 410 g/mol. The highest BCUT2D eigenvalue weighted by Gasteiger charge is 2.26. The van der Waals surface area contributed by atoms with Crippen molar-refractivity contribution in [2.45, 2.75) is 12.5 Å². The van der Waals surface area contributed by atoms with Crippen LogP contribution in [0.25, 0.3) is 11.4 Å². The van der Waals surface area contributed by atoms with E-state index in [9.17, 15) is 4.39 Å². The zero-order valence-corrected chi connectivity index (χ0v) is 16.5. The smallest absolute Gasteiger partial charge is 0.225 e. The van der Waals surface area contributed by atoms with Gasteiger partial charge in [-0.15, -0.1) is 0 Å². The van der Waals surface area contributed by atoms with Crippen LogP contribution in [0.15, 0.2) is 36.8 Å². The van der Waals surface area contributed by atoms with E-state index in [-0.39, 0.29) is 6.04 Å². The van der Waals surface area contributed by atoms with Crippen LogP contribution in [0.1, 0.15) is 6.42 Å². The Hall–Kier alpha value is -3.27. The van der Waals surface area contributed by atoms with E-state index >= 15 is 0 Å². The highest BCUT2D eigenvalue weighted by molar-refractivity contribution is 5.56. The maximum atomic E-state index is 14.2. The summed E-state index contributed by atoms with van der Waals surface area (Å²) < 4.78 is 19.6.